The molecule has 0 aromatic heterocycles. The second-order valence-electron chi connectivity index (χ2n) is 6.93. The lowest BCUT2D eigenvalue weighted by Crippen LogP contribution is -2.44. The average molecular weight is 353 g/mol. The summed E-state index contributed by atoms with van der Waals surface area (Å²) in [7, 11) is 0. The van der Waals surface area contributed by atoms with Crippen LogP contribution in [0.3, 0.4) is 0 Å². The van der Waals surface area contributed by atoms with Gasteiger partial charge in [-0.05, 0) is 58.8 Å². The number of amides is 1. The van der Waals surface area contributed by atoms with Crippen LogP contribution in [0.25, 0.3) is 0 Å². The first kappa shape index (κ1) is 20.2. The molecule has 0 aliphatic carbocycles. The van der Waals surface area contributed by atoms with Gasteiger partial charge in [0.05, 0.1) is 6.04 Å². The molecule has 1 rings (SSSR count). The number of carbonyl (C=O) groups is 1. The first-order chi connectivity index (χ1) is 11.2. The van der Waals surface area contributed by atoms with Gasteiger partial charge in [-0.25, -0.2) is 4.79 Å². The largest absolute Gasteiger partial charge is 0.469 e. The first-order valence-corrected chi connectivity index (χ1v) is 8.53. The second kappa shape index (κ2) is 9.47. The third-order valence-electron chi connectivity index (χ3n) is 2.87. The third-order valence-corrected chi connectivity index (χ3v) is 3.10. The second-order valence-corrected chi connectivity index (χ2v) is 7.30. The van der Waals surface area contributed by atoms with Gasteiger partial charge in [0.1, 0.15) is 12.2 Å². The van der Waals surface area contributed by atoms with Crippen molar-refractivity contribution in [1.82, 2.24) is 10.6 Å². The number of hydrogen-bond donors (Lipinski definition) is 2. The van der Waals surface area contributed by atoms with E-state index in [2.05, 4.69) is 10.6 Å². The van der Waals surface area contributed by atoms with Gasteiger partial charge in [-0.3, -0.25) is 0 Å². The van der Waals surface area contributed by atoms with Gasteiger partial charge in [0.2, 0.25) is 0 Å². The molecule has 6 heteroatoms. The number of carbonyl (C=O) groups excluding carboxylic acids is 1. The Bertz CT molecular complexity index is 527. The third kappa shape index (κ3) is 9.35. The number of rotatable bonds is 6. The number of nitrogens with one attached hydrogen (secondary N) is 2. The van der Waals surface area contributed by atoms with E-state index in [9.17, 15) is 4.79 Å². The fraction of sp³-hybridized carbons (Fsp3) is 0.556. The van der Waals surface area contributed by atoms with E-state index in [1.165, 1.54) is 0 Å². The number of alkyl carbamates (subject to hydrolysis) is 1. The Kier molecular flexibility index (Phi) is 7.98. The zero-order chi connectivity index (χ0) is 18.2. The molecule has 0 fully saturated rings. The summed E-state index contributed by atoms with van der Waals surface area (Å²) in [4.78, 5) is 12.0. The maximum absolute atomic E-state index is 12.0. The Hall–Kier alpha value is -1.82. The summed E-state index contributed by atoms with van der Waals surface area (Å²) in [5.41, 5.74) is 0.557. The molecule has 0 saturated heterocycles. The quantitative estimate of drug-likeness (QED) is 0.768. The van der Waals surface area contributed by atoms with Gasteiger partial charge in [-0.15, -0.1) is 0 Å². The van der Waals surface area contributed by atoms with Gasteiger partial charge in [-0.2, -0.15) is 0 Å². The lowest BCUT2D eigenvalue weighted by atomic mass is 10.1. The van der Waals surface area contributed by atoms with Crippen LogP contribution in [0, 0.1) is 0 Å². The standard InChI is InChI=1S/C18H28N2O3S/c1-13(2)19-17(24)22-12-15(11-14-9-7-6-8-10-14)20-16(21)23-18(3,4)5/h6-10,13,15H,11-12H2,1-5H3,(H,19,24)(H,20,21)/t15-/m1/s1. The lowest BCUT2D eigenvalue weighted by Gasteiger charge is -2.24. The predicted molar refractivity (Wildman–Crippen MR) is 100 cm³/mol. The summed E-state index contributed by atoms with van der Waals surface area (Å²) in [6.07, 6.45) is 0.166. The van der Waals surface area contributed by atoms with Crippen LogP contribution in [0.15, 0.2) is 30.3 Å². The Balaban J connectivity index is 2.65. The first-order valence-electron chi connectivity index (χ1n) is 8.12. The monoisotopic (exact) mass is 352 g/mol. The van der Waals surface area contributed by atoms with Crippen LogP contribution in [-0.4, -0.2) is 35.6 Å². The highest BCUT2D eigenvalue weighted by atomic mass is 32.1. The van der Waals surface area contributed by atoms with Crippen LogP contribution >= 0.6 is 12.2 Å². The van der Waals surface area contributed by atoms with Gasteiger partial charge < -0.3 is 20.1 Å². The molecule has 24 heavy (non-hydrogen) atoms. The van der Waals surface area contributed by atoms with Crippen LogP contribution < -0.4 is 10.6 Å². The minimum Gasteiger partial charge on any atom is -0.469 e. The molecule has 134 valence electrons. The average Bonchev–Trinajstić information content (AvgIpc) is 2.43. The van der Waals surface area contributed by atoms with Crippen LogP contribution in [0.4, 0.5) is 4.79 Å². The lowest BCUT2D eigenvalue weighted by molar-refractivity contribution is 0.0485. The molecule has 0 saturated carbocycles. The molecule has 1 amide bonds. The van der Waals surface area contributed by atoms with Crippen LogP contribution in [0.1, 0.15) is 40.2 Å². The fourth-order valence-corrected chi connectivity index (χ4v) is 2.28. The molecule has 5 nitrogen and oxygen atoms in total. The zero-order valence-corrected chi connectivity index (χ0v) is 15.9. The van der Waals surface area contributed by atoms with E-state index >= 15 is 0 Å². The van der Waals surface area contributed by atoms with Gasteiger partial charge in [-0.1, -0.05) is 30.3 Å². The van der Waals surface area contributed by atoms with Crippen molar-refractivity contribution in [3.63, 3.8) is 0 Å². The molecule has 0 aliphatic rings. The summed E-state index contributed by atoms with van der Waals surface area (Å²) < 4.78 is 10.9. The van der Waals surface area contributed by atoms with Crippen LogP contribution in [-0.2, 0) is 15.9 Å². The molecule has 0 unspecified atom stereocenters. The van der Waals surface area contributed by atoms with Crippen molar-refractivity contribution in [2.45, 2.75) is 58.7 Å². The van der Waals surface area contributed by atoms with Gasteiger partial charge >= 0.3 is 6.09 Å². The molecule has 0 bridgehead atoms. The normalized spacial score (nSPS) is 12.4. The maximum Gasteiger partial charge on any atom is 0.408 e. The topological polar surface area (TPSA) is 59.6 Å². The van der Waals surface area contributed by atoms with E-state index in [1.54, 1.807) is 0 Å². The van der Waals surface area contributed by atoms with Crippen molar-refractivity contribution < 1.29 is 14.3 Å². The van der Waals surface area contributed by atoms with E-state index in [4.69, 9.17) is 21.7 Å². The molecule has 0 heterocycles. The number of benzene rings is 1. The minimum absolute atomic E-state index is 0.198. The van der Waals surface area contributed by atoms with Crippen molar-refractivity contribution in [2.24, 2.45) is 0 Å². The maximum atomic E-state index is 12.0. The summed E-state index contributed by atoms with van der Waals surface area (Å²) in [5.74, 6) is 0. The predicted octanol–water partition coefficient (Wildman–Crippen LogP) is 3.42. The van der Waals surface area contributed by atoms with Crippen molar-refractivity contribution in [3.8, 4) is 0 Å². The molecule has 1 aromatic rings. The van der Waals surface area contributed by atoms with Crippen LogP contribution in [0.2, 0.25) is 0 Å². The fourth-order valence-electron chi connectivity index (χ4n) is 1.98. The highest BCUT2D eigenvalue weighted by Gasteiger charge is 2.20. The molecular formula is C18H28N2O3S. The molecular weight excluding hydrogens is 324 g/mol. The van der Waals surface area contributed by atoms with E-state index in [0.717, 1.165) is 5.56 Å². The Morgan fingerprint density at radius 1 is 1.17 bits per heavy atom. The van der Waals surface area contributed by atoms with Gasteiger partial charge in [0.25, 0.3) is 5.17 Å². The number of hydrogen-bond acceptors (Lipinski definition) is 4. The summed E-state index contributed by atoms with van der Waals surface area (Å²) in [6.45, 7) is 9.73. The zero-order valence-electron chi connectivity index (χ0n) is 15.1. The minimum atomic E-state index is -0.545. The van der Waals surface area contributed by atoms with Crippen molar-refractivity contribution in [1.29, 1.82) is 0 Å². The molecule has 0 spiro atoms. The van der Waals surface area contributed by atoms with Gasteiger partial charge in [0, 0.05) is 6.04 Å². The summed E-state index contributed by atoms with van der Waals surface area (Å²) in [5, 5.41) is 6.20. The highest BCUT2D eigenvalue weighted by Crippen LogP contribution is 2.09. The van der Waals surface area contributed by atoms with E-state index in [1.807, 2.05) is 65.0 Å². The molecule has 0 aliphatic heterocycles. The SMILES string of the molecule is CC(C)NC(=S)OC[C@@H](Cc1ccccc1)NC(=O)OC(C)(C)C. The van der Waals surface area contributed by atoms with E-state index < -0.39 is 11.7 Å². The van der Waals surface area contributed by atoms with Gasteiger partial charge in [0.15, 0.2) is 0 Å². The number of thiocarbonyl (C=S) groups is 1. The van der Waals surface area contributed by atoms with E-state index in [-0.39, 0.29) is 18.7 Å². The molecule has 0 radical (unpaired) electrons. The Morgan fingerprint density at radius 3 is 2.33 bits per heavy atom. The van der Waals surface area contributed by atoms with E-state index in [0.29, 0.717) is 11.6 Å². The summed E-state index contributed by atoms with van der Waals surface area (Å²) >= 11 is 5.14. The Labute approximate surface area is 150 Å². The van der Waals surface area contributed by atoms with Crippen LogP contribution in [0.5, 0.6) is 0 Å². The molecule has 1 aromatic carbocycles. The summed E-state index contributed by atoms with van der Waals surface area (Å²) in [6, 6.07) is 9.86. The smallest absolute Gasteiger partial charge is 0.408 e. The van der Waals surface area contributed by atoms with Crippen molar-refractivity contribution in [3.05, 3.63) is 35.9 Å². The molecule has 1 atom stereocenters. The van der Waals surface area contributed by atoms with Crippen molar-refractivity contribution in [2.75, 3.05) is 6.61 Å². The number of ether oxygens (including phenoxy) is 2. The highest BCUT2D eigenvalue weighted by molar-refractivity contribution is 7.80. The molecule has 2 N–H and O–H groups in total. The van der Waals surface area contributed by atoms with Crippen molar-refractivity contribution >= 4 is 23.5 Å². The Morgan fingerprint density at radius 2 is 1.79 bits per heavy atom.